The summed E-state index contributed by atoms with van der Waals surface area (Å²) in [6.07, 6.45) is 0. The van der Waals surface area contributed by atoms with Gasteiger partial charge in [0, 0.05) is 6.57 Å². The molecule has 0 spiro atoms. The molecule has 0 aliphatic heterocycles. The third-order valence-corrected chi connectivity index (χ3v) is 0.343. The van der Waals surface area contributed by atoms with Crippen molar-refractivity contribution >= 4 is 17.6 Å². The SMILES string of the molecule is C#N.O=C(O)CCl. The highest BCUT2D eigenvalue weighted by Gasteiger charge is 1.83. The molecule has 1 N–H and O–H groups in total. The molecule has 0 fully saturated rings. The van der Waals surface area contributed by atoms with E-state index in [0.717, 1.165) is 0 Å². The second kappa shape index (κ2) is 8.98. The average molecular weight is 122 g/mol. The van der Waals surface area contributed by atoms with Crippen molar-refractivity contribution in [1.82, 2.24) is 0 Å². The standard InChI is InChI=1S/C2H3ClO2.CHN/c3-1-2(4)5;1-2/h1H2,(H,4,5);1H. The normalized spacial score (nSPS) is 5.57. The van der Waals surface area contributed by atoms with Gasteiger partial charge in [-0.25, -0.2) is 5.26 Å². The highest BCUT2D eigenvalue weighted by atomic mass is 35.5. The van der Waals surface area contributed by atoms with Crippen LogP contribution in [0.1, 0.15) is 0 Å². The number of carbonyl (C=O) groups is 1. The number of nitrogens with zero attached hydrogens (tertiary/aromatic N) is 1. The van der Waals surface area contributed by atoms with E-state index in [0.29, 0.717) is 0 Å². The molecule has 0 radical (unpaired) electrons. The summed E-state index contributed by atoms with van der Waals surface area (Å²) in [5, 5.41) is 14.1. The Morgan fingerprint density at radius 3 is 2.00 bits per heavy atom. The number of carboxylic acids is 1. The molecule has 0 atom stereocenters. The van der Waals surface area contributed by atoms with Gasteiger partial charge >= 0.3 is 5.97 Å². The van der Waals surface area contributed by atoms with Crippen LogP contribution in [0.2, 0.25) is 0 Å². The van der Waals surface area contributed by atoms with Crippen molar-refractivity contribution in [1.29, 1.82) is 5.26 Å². The van der Waals surface area contributed by atoms with Gasteiger partial charge in [0.2, 0.25) is 0 Å². The first kappa shape index (κ1) is 9.54. The van der Waals surface area contributed by atoms with Gasteiger partial charge in [-0.05, 0) is 0 Å². The Morgan fingerprint density at radius 2 is 2.00 bits per heavy atom. The van der Waals surface area contributed by atoms with Gasteiger partial charge in [-0.3, -0.25) is 4.79 Å². The van der Waals surface area contributed by atoms with Crippen LogP contribution in [-0.2, 0) is 4.79 Å². The molecule has 0 heterocycles. The number of hydrogen-bond donors (Lipinski definition) is 1. The van der Waals surface area contributed by atoms with Crippen LogP contribution in [0.3, 0.4) is 0 Å². The summed E-state index contributed by atoms with van der Waals surface area (Å²) in [4.78, 5) is 9.24. The molecular formula is C3H4ClNO2. The average Bonchev–Trinajstić information content (AvgIpc) is 1.73. The molecule has 0 bridgehead atoms. The summed E-state index contributed by atoms with van der Waals surface area (Å²) in [6.45, 7) is 3.50. The van der Waals surface area contributed by atoms with E-state index in [4.69, 9.17) is 22.0 Å². The van der Waals surface area contributed by atoms with Crippen LogP contribution in [0.15, 0.2) is 0 Å². The lowest BCUT2D eigenvalue weighted by atomic mass is 10.8. The summed E-state index contributed by atoms with van der Waals surface area (Å²) in [5.41, 5.74) is 0. The predicted molar refractivity (Wildman–Crippen MR) is 25.0 cm³/mol. The number of hydrogen-bond acceptors (Lipinski definition) is 2. The minimum Gasteiger partial charge on any atom is -0.480 e. The molecule has 0 aromatic rings. The fourth-order valence-corrected chi connectivity index (χ4v) is 0. The lowest BCUT2D eigenvalue weighted by Gasteiger charge is -1.69. The lowest BCUT2D eigenvalue weighted by Crippen LogP contribution is -1.92. The Kier molecular flexibility index (Phi) is 12.2. The maximum atomic E-state index is 9.24. The summed E-state index contributed by atoms with van der Waals surface area (Å²) in [6, 6.07) is 0. The lowest BCUT2D eigenvalue weighted by molar-refractivity contribution is -0.134. The van der Waals surface area contributed by atoms with E-state index in [1.54, 1.807) is 0 Å². The van der Waals surface area contributed by atoms with E-state index in [1.807, 2.05) is 0 Å². The van der Waals surface area contributed by atoms with Gasteiger partial charge in [-0.2, -0.15) is 0 Å². The quantitative estimate of drug-likeness (QED) is 0.513. The Hall–Kier alpha value is -0.750. The molecule has 0 aromatic carbocycles. The molecule has 0 aromatic heterocycles. The van der Waals surface area contributed by atoms with E-state index in [2.05, 4.69) is 6.57 Å². The number of rotatable bonds is 1. The smallest absolute Gasteiger partial charge is 0.318 e. The van der Waals surface area contributed by atoms with Crippen molar-refractivity contribution in [3.8, 4) is 6.57 Å². The molecule has 7 heavy (non-hydrogen) atoms. The van der Waals surface area contributed by atoms with E-state index in [9.17, 15) is 4.79 Å². The molecule has 0 rings (SSSR count). The number of aliphatic carboxylic acids is 1. The molecule has 0 unspecified atom stereocenters. The van der Waals surface area contributed by atoms with Gasteiger partial charge in [-0.1, -0.05) is 0 Å². The van der Waals surface area contributed by atoms with Crippen molar-refractivity contribution in [2.45, 2.75) is 0 Å². The molecule has 0 amide bonds. The third kappa shape index (κ3) is 35.5. The van der Waals surface area contributed by atoms with Crippen molar-refractivity contribution in [3.05, 3.63) is 0 Å². The number of carboxylic acid groups (broad SMARTS) is 1. The van der Waals surface area contributed by atoms with Crippen LogP contribution >= 0.6 is 11.6 Å². The topological polar surface area (TPSA) is 61.1 Å². The highest BCUT2D eigenvalue weighted by molar-refractivity contribution is 6.26. The summed E-state index contributed by atoms with van der Waals surface area (Å²) in [5.74, 6) is -1.29. The molecule has 40 valence electrons. The van der Waals surface area contributed by atoms with Crippen LogP contribution in [-0.4, -0.2) is 17.0 Å². The van der Waals surface area contributed by atoms with Crippen LogP contribution < -0.4 is 0 Å². The first-order valence-corrected chi connectivity index (χ1v) is 1.84. The number of halogens is 1. The number of alkyl halides is 1. The summed E-state index contributed by atoms with van der Waals surface area (Å²) >= 11 is 4.74. The van der Waals surface area contributed by atoms with E-state index < -0.39 is 5.97 Å². The third-order valence-electron chi connectivity index (χ3n) is 0.114. The Bertz CT molecular complexity index is 70.6. The van der Waals surface area contributed by atoms with Gasteiger partial charge in [0.25, 0.3) is 0 Å². The fraction of sp³-hybridized carbons (Fsp3) is 0.333. The second-order valence-corrected chi connectivity index (χ2v) is 0.795. The first-order valence-electron chi connectivity index (χ1n) is 1.31. The summed E-state index contributed by atoms with van der Waals surface area (Å²) < 4.78 is 0. The van der Waals surface area contributed by atoms with Crippen molar-refractivity contribution in [2.24, 2.45) is 0 Å². The Labute approximate surface area is 46.1 Å². The zero-order valence-corrected chi connectivity index (χ0v) is 4.22. The van der Waals surface area contributed by atoms with E-state index in [1.165, 1.54) is 0 Å². The minimum absolute atomic E-state index is 0.306. The molecule has 0 aliphatic carbocycles. The van der Waals surface area contributed by atoms with Gasteiger partial charge in [0.1, 0.15) is 5.88 Å². The van der Waals surface area contributed by atoms with Crippen LogP contribution in [0.5, 0.6) is 0 Å². The molecular weight excluding hydrogens is 117 g/mol. The van der Waals surface area contributed by atoms with Gasteiger partial charge < -0.3 is 5.11 Å². The molecule has 3 nitrogen and oxygen atoms in total. The Balaban J connectivity index is 0. The Morgan fingerprint density at radius 1 is 1.86 bits per heavy atom. The number of nitriles is 1. The maximum Gasteiger partial charge on any atom is 0.318 e. The molecule has 4 heteroatoms. The predicted octanol–water partition coefficient (Wildman–Crippen LogP) is 0.450. The van der Waals surface area contributed by atoms with Crippen molar-refractivity contribution in [2.75, 3.05) is 5.88 Å². The highest BCUT2D eigenvalue weighted by Crippen LogP contribution is 1.67. The fourth-order valence-electron chi connectivity index (χ4n) is 0. The molecule has 0 saturated heterocycles. The maximum absolute atomic E-state index is 9.24. The zero-order chi connectivity index (χ0) is 6.28. The van der Waals surface area contributed by atoms with E-state index in [-0.39, 0.29) is 5.88 Å². The van der Waals surface area contributed by atoms with Crippen molar-refractivity contribution in [3.63, 3.8) is 0 Å². The monoisotopic (exact) mass is 121 g/mol. The van der Waals surface area contributed by atoms with Gasteiger partial charge in [0.05, 0.1) is 0 Å². The van der Waals surface area contributed by atoms with Crippen molar-refractivity contribution < 1.29 is 9.90 Å². The van der Waals surface area contributed by atoms with Crippen LogP contribution in [0, 0.1) is 11.8 Å². The molecule has 0 aliphatic rings. The zero-order valence-electron chi connectivity index (χ0n) is 3.47. The molecule has 0 saturated carbocycles. The largest absolute Gasteiger partial charge is 0.480 e. The van der Waals surface area contributed by atoms with Crippen LogP contribution in [0.4, 0.5) is 0 Å². The van der Waals surface area contributed by atoms with Crippen LogP contribution in [0.25, 0.3) is 0 Å². The second-order valence-electron chi connectivity index (χ2n) is 0.527. The van der Waals surface area contributed by atoms with Gasteiger partial charge in [-0.15, -0.1) is 11.6 Å². The first-order chi connectivity index (χ1) is 3.27. The van der Waals surface area contributed by atoms with Gasteiger partial charge in [0.15, 0.2) is 0 Å². The van der Waals surface area contributed by atoms with E-state index >= 15 is 0 Å². The minimum atomic E-state index is -0.980. The summed E-state index contributed by atoms with van der Waals surface area (Å²) in [7, 11) is 0.